The third-order valence-corrected chi connectivity index (χ3v) is 3.98. The topological polar surface area (TPSA) is 39.9 Å². The third-order valence-electron chi connectivity index (χ3n) is 3.98. The summed E-state index contributed by atoms with van der Waals surface area (Å²) in [5.41, 5.74) is 3.44. The second-order valence-electron chi connectivity index (χ2n) is 5.51. The number of nitrogens with zero attached hydrogens (tertiary/aromatic N) is 3. The van der Waals surface area contributed by atoms with E-state index in [1.165, 1.54) is 18.5 Å². The van der Waals surface area contributed by atoms with E-state index in [4.69, 9.17) is 4.74 Å². The van der Waals surface area contributed by atoms with Crippen molar-refractivity contribution in [2.75, 3.05) is 0 Å². The molecule has 4 nitrogen and oxygen atoms in total. The minimum atomic E-state index is 0.823. The van der Waals surface area contributed by atoms with Crippen LogP contribution in [-0.2, 0) is 12.8 Å². The van der Waals surface area contributed by atoms with Crippen LogP contribution in [0.3, 0.4) is 0 Å². The van der Waals surface area contributed by atoms with Crippen molar-refractivity contribution < 1.29 is 4.74 Å². The lowest BCUT2D eigenvalue weighted by Crippen LogP contribution is -2.07. The van der Waals surface area contributed by atoms with Gasteiger partial charge in [0.1, 0.15) is 11.5 Å². The van der Waals surface area contributed by atoms with E-state index in [2.05, 4.69) is 10.3 Å². The summed E-state index contributed by atoms with van der Waals surface area (Å²) >= 11 is 0. The fourth-order valence-electron chi connectivity index (χ4n) is 2.85. The van der Waals surface area contributed by atoms with Gasteiger partial charge in [0, 0.05) is 0 Å². The van der Waals surface area contributed by atoms with Crippen LogP contribution in [0.25, 0.3) is 5.69 Å². The lowest BCUT2D eigenvalue weighted by Gasteiger charge is -2.12. The van der Waals surface area contributed by atoms with Gasteiger partial charge in [0.05, 0.1) is 17.1 Å². The van der Waals surface area contributed by atoms with Crippen LogP contribution in [0.15, 0.2) is 54.6 Å². The molecule has 3 aromatic rings. The largest absolute Gasteiger partial charge is 0.457 e. The molecule has 0 fully saturated rings. The van der Waals surface area contributed by atoms with E-state index < -0.39 is 0 Å². The molecule has 0 spiro atoms. The van der Waals surface area contributed by atoms with Crippen LogP contribution in [0.5, 0.6) is 11.5 Å². The summed E-state index contributed by atoms with van der Waals surface area (Å²) in [5, 5.41) is 8.61. The summed E-state index contributed by atoms with van der Waals surface area (Å²) in [7, 11) is 0. The molecule has 0 aliphatic heterocycles. The summed E-state index contributed by atoms with van der Waals surface area (Å²) in [6, 6.07) is 17.8. The molecule has 2 aromatic carbocycles. The molecule has 0 atom stereocenters. The Morgan fingerprint density at radius 1 is 0.818 bits per heavy atom. The number of para-hydroxylation sites is 1. The highest BCUT2D eigenvalue weighted by molar-refractivity contribution is 5.40. The minimum Gasteiger partial charge on any atom is -0.457 e. The van der Waals surface area contributed by atoms with Gasteiger partial charge in [-0.15, -0.1) is 5.10 Å². The number of aromatic nitrogens is 3. The van der Waals surface area contributed by atoms with Crippen LogP contribution in [0.4, 0.5) is 0 Å². The Kier molecular flexibility index (Phi) is 3.35. The molecule has 0 unspecified atom stereocenters. The quantitative estimate of drug-likeness (QED) is 0.734. The van der Waals surface area contributed by atoms with E-state index >= 15 is 0 Å². The van der Waals surface area contributed by atoms with Gasteiger partial charge in [0.25, 0.3) is 0 Å². The van der Waals surface area contributed by atoms with Crippen molar-refractivity contribution in [3.05, 3.63) is 66.0 Å². The Balaban J connectivity index is 1.58. The molecule has 0 bridgehead atoms. The molecule has 4 heteroatoms. The highest BCUT2D eigenvalue weighted by Crippen LogP contribution is 2.25. The van der Waals surface area contributed by atoms with Gasteiger partial charge in [-0.05, 0) is 62.1 Å². The van der Waals surface area contributed by atoms with E-state index in [0.29, 0.717) is 0 Å². The van der Waals surface area contributed by atoms with Gasteiger partial charge in [0.15, 0.2) is 0 Å². The SMILES string of the molecule is c1ccc(Oc2ccc(-n3nnc4c3CCCC4)cc2)cc1. The van der Waals surface area contributed by atoms with Gasteiger partial charge >= 0.3 is 0 Å². The molecule has 0 saturated carbocycles. The van der Waals surface area contributed by atoms with Gasteiger partial charge in [-0.25, -0.2) is 4.68 Å². The van der Waals surface area contributed by atoms with E-state index in [1.807, 2.05) is 59.3 Å². The van der Waals surface area contributed by atoms with Crippen LogP contribution in [0.1, 0.15) is 24.2 Å². The average molecular weight is 291 g/mol. The molecule has 110 valence electrons. The molecule has 4 rings (SSSR count). The van der Waals surface area contributed by atoms with Crippen molar-refractivity contribution in [1.29, 1.82) is 0 Å². The Morgan fingerprint density at radius 3 is 2.36 bits per heavy atom. The second-order valence-corrected chi connectivity index (χ2v) is 5.51. The number of hydrogen-bond donors (Lipinski definition) is 0. The van der Waals surface area contributed by atoms with E-state index in [1.54, 1.807) is 0 Å². The molecular weight excluding hydrogens is 274 g/mol. The van der Waals surface area contributed by atoms with E-state index in [-0.39, 0.29) is 0 Å². The normalized spacial score (nSPS) is 13.6. The Morgan fingerprint density at radius 2 is 1.55 bits per heavy atom. The number of benzene rings is 2. The summed E-state index contributed by atoms with van der Waals surface area (Å²) < 4.78 is 7.78. The first-order valence-electron chi connectivity index (χ1n) is 7.67. The Bertz CT molecular complexity index is 763. The standard InChI is InChI=1S/C18H17N3O/c1-2-6-15(7-3-1)22-16-12-10-14(11-13-16)21-18-9-5-4-8-17(18)19-20-21/h1-3,6-7,10-13H,4-5,8-9H2. The predicted molar refractivity (Wildman–Crippen MR) is 84.5 cm³/mol. The molecule has 0 N–H and O–H groups in total. The predicted octanol–water partition coefficient (Wildman–Crippen LogP) is 3.94. The maximum atomic E-state index is 5.82. The third kappa shape index (κ3) is 2.48. The fourth-order valence-corrected chi connectivity index (χ4v) is 2.85. The summed E-state index contributed by atoms with van der Waals surface area (Å²) in [6.07, 6.45) is 4.54. The molecule has 0 saturated heterocycles. The second kappa shape index (κ2) is 5.64. The first-order valence-corrected chi connectivity index (χ1v) is 7.67. The molecule has 22 heavy (non-hydrogen) atoms. The molecule has 0 amide bonds. The fraction of sp³-hybridized carbons (Fsp3) is 0.222. The van der Waals surface area contributed by atoms with Gasteiger partial charge < -0.3 is 4.74 Å². The zero-order valence-corrected chi connectivity index (χ0v) is 12.3. The van der Waals surface area contributed by atoms with E-state index in [9.17, 15) is 0 Å². The van der Waals surface area contributed by atoms with Crippen molar-refractivity contribution in [1.82, 2.24) is 15.0 Å². The maximum absolute atomic E-state index is 5.82. The number of rotatable bonds is 3. The van der Waals surface area contributed by atoms with Crippen molar-refractivity contribution >= 4 is 0 Å². The summed E-state index contributed by atoms with van der Waals surface area (Å²) in [4.78, 5) is 0. The highest BCUT2D eigenvalue weighted by Gasteiger charge is 2.17. The van der Waals surface area contributed by atoms with Crippen LogP contribution < -0.4 is 4.74 Å². The summed E-state index contributed by atoms with van der Waals surface area (Å²) in [5.74, 6) is 1.66. The van der Waals surface area contributed by atoms with Crippen molar-refractivity contribution in [2.24, 2.45) is 0 Å². The van der Waals surface area contributed by atoms with Crippen LogP contribution in [0.2, 0.25) is 0 Å². The van der Waals surface area contributed by atoms with Crippen molar-refractivity contribution in [3.63, 3.8) is 0 Å². The zero-order valence-electron chi connectivity index (χ0n) is 12.3. The van der Waals surface area contributed by atoms with Gasteiger partial charge in [-0.3, -0.25) is 0 Å². The average Bonchev–Trinajstić information content (AvgIpc) is 3.01. The van der Waals surface area contributed by atoms with Gasteiger partial charge in [-0.1, -0.05) is 23.4 Å². The first kappa shape index (κ1) is 13.1. The first-order chi connectivity index (χ1) is 10.9. The van der Waals surface area contributed by atoms with Crippen LogP contribution >= 0.6 is 0 Å². The monoisotopic (exact) mass is 291 g/mol. The molecular formula is C18H17N3O. The Labute approximate surface area is 129 Å². The lowest BCUT2D eigenvalue weighted by molar-refractivity contribution is 0.482. The van der Waals surface area contributed by atoms with Crippen LogP contribution in [-0.4, -0.2) is 15.0 Å². The number of fused-ring (bicyclic) bond motifs is 1. The molecule has 0 radical (unpaired) electrons. The van der Waals surface area contributed by atoms with E-state index in [0.717, 1.165) is 35.7 Å². The summed E-state index contributed by atoms with van der Waals surface area (Å²) in [6.45, 7) is 0. The molecule has 1 aromatic heterocycles. The lowest BCUT2D eigenvalue weighted by atomic mass is 10.0. The van der Waals surface area contributed by atoms with Crippen LogP contribution in [0, 0.1) is 0 Å². The van der Waals surface area contributed by atoms with Crippen molar-refractivity contribution in [3.8, 4) is 17.2 Å². The molecule has 1 heterocycles. The van der Waals surface area contributed by atoms with Gasteiger partial charge in [0.2, 0.25) is 0 Å². The maximum Gasteiger partial charge on any atom is 0.127 e. The zero-order chi connectivity index (χ0) is 14.8. The molecule has 1 aliphatic carbocycles. The number of ether oxygens (including phenoxy) is 1. The smallest absolute Gasteiger partial charge is 0.127 e. The number of hydrogen-bond acceptors (Lipinski definition) is 3. The molecule has 1 aliphatic rings. The van der Waals surface area contributed by atoms with Gasteiger partial charge in [-0.2, -0.15) is 0 Å². The minimum absolute atomic E-state index is 0.823. The number of aryl methyl sites for hydroxylation is 1. The highest BCUT2D eigenvalue weighted by atomic mass is 16.5. The Hall–Kier alpha value is -2.62. The van der Waals surface area contributed by atoms with Crippen molar-refractivity contribution in [2.45, 2.75) is 25.7 Å².